The third kappa shape index (κ3) is 2.58. The summed E-state index contributed by atoms with van der Waals surface area (Å²) >= 11 is 1.76. The van der Waals surface area contributed by atoms with E-state index >= 15 is 0 Å². The number of fused-ring (bicyclic) bond motifs is 1. The number of nitrogens with zero attached hydrogens (tertiary/aromatic N) is 1. The van der Waals surface area contributed by atoms with Crippen molar-refractivity contribution in [1.29, 1.82) is 0 Å². The highest BCUT2D eigenvalue weighted by Gasteiger charge is 2.04. The molecule has 0 unspecified atom stereocenters. The Labute approximate surface area is 99.5 Å². The maximum Gasteiger partial charge on any atom is 0.108 e. The van der Waals surface area contributed by atoms with Crippen LogP contribution in [0, 0.1) is 6.92 Å². The van der Waals surface area contributed by atoms with Gasteiger partial charge in [0.05, 0.1) is 16.8 Å². The summed E-state index contributed by atoms with van der Waals surface area (Å²) < 4.78 is 6.25. The minimum Gasteiger partial charge on any atom is -0.383 e. The molecule has 0 atom stereocenters. The van der Waals surface area contributed by atoms with Crippen molar-refractivity contribution in [3.63, 3.8) is 0 Å². The highest BCUT2D eigenvalue weighted by Crippen LogP contribution is 2.24. The van der Waals surface area contributed by atoms with E-state index in [1.54, 1.807) is 18.4 Å². The summed E-state index contributed by atoms with van der Waals surface area (Å²) in [6, 6.07) is 6.31. The number of ether oxygens (including phenoxy) is 1. The second-order valence-electron chi connectivity index (χ2n) is 3.70. The first-order chi connectivity index (χ1) is 7.81. The van der Waals surface area contributed by atoms with E-state index in [1.807, 2.05) is 0 Å². The van der Waals surface area contributed by atoms with E-state index in [9.17, 15) is 0 Å². The summed E-state index contributed by atoms with van der Waals surface area (Å²) in [5.41, 5.74) is 2.38. The van der Waals surface area contributed by atoms with E-state index in [4.69, 9.17) is 4.74 Å². The molecule has 2 aromatic rings. The van der Waals surface area contributed by atoms with Crippen LogP contribution in [0.4, 0.5) is 0 Å². The minimum absolute atomic E-state index is 0.740. The molecule has 1 aromatic heterocycles. The van der Waals surface area contributed by atoms with Gasteiger partial charge in [0.1, 0.15) is 5.01 Å². The summed E-state index contributed by atoms with van der Waals surface area (Å²) in [5, 5.41) is 4.45. The highest BCUT2D eigenvalue weighted by molar-refractivity contribution is 7.18. The van der Waals surface area contributed by atoms with Crippen LogP contribution >= 0.6 is 11.3 Å². The molecule has 0 aliphatic heterocycles. The van der Waals surface area contributed by atoms with Crippen molar-refractivity contribution in [2.24, 2.45) is 0 Å². The van der Waals surface area contributed by atoms with Gasteiger partial charge in [0.15, 0.2) is 0 Å². The lowest BCUT2D eigenvalue weighted by molar-refractivity contribution is 0.199. The van der Waals surface area contributed by atoms with Gasteiger partial charge in [0.2, 0.25) is 0 Å². The Balaban J connectivity index is 2.05. The Morgan fingerprint density at radius 3 is 3.06 bits per heavy atom. The molecule has 0 amide bonds. The number of aromatic nitrogens is 1. The van der Waals surface area contributed by atoms with Gasteiger partial charge in [-0.15, -0.1) is 11.3 Å². The molecule has 86 valence electrons. The first-order valence-corrected chi connectivity index (χ1v) is 6.17. The zero-order chi connectivity index (χ0) is 11.4. The Kier molecular flexibility index (Phi) is 3.88. The third-order valence-corrected chi connectivity index (χ3v) is 3.44. The van der Waals surface area contributed by atoms with Crippen LogP contribution in [0.3, 0.4) is 0 Å². The molecule has 2 rings (SSSR count). The van der Waals surface area contributed by atoms with Gasteiger partial charge in [-0.3, -0.25) is 0 Å². The second kappa shape index (κ2) is 5.39. The zero-order valence-electron chi connectivity index (χ0n) is 9.62. The topological polar surface area (TPSA) is 34.1 Å². The van der Waals surface area contributed by atoms with E-state index < -0.39 is 0 Å². The molecule has 16 heavy (non-hydrogen) atoms. The number of hydrogen-bond acceptors (Lipinski definition) is 4. The van der Waals surface area contributed by atoms with E-state index in [-0.39, 0.29) is 0 Å². The van der Waals surface area contributed by atoms with Gasteiger partial charge in [-0.25, -0.2) is 4.98 Å². The molecule has 0 aliphatic carbocycles. The van der Waals surface area contributed by atoms with Gasteiger partial charge in [-0.2, -0.15) is 0 Å². The van der Waals surface area contributed by atoms with Gasteiger partial charge < -0.3 is 10.1 Å². The molecule has 1 aromatic carbocycles. The Morgan fingerprint density at radius 1 is 1.44 bits per heavy atom. The zero-order valence-corrected chi connectivity index (χ0v) is 10.4. The monoisotopic (exact) mass is 236 g/mol. The molecule has 0 aliphatic rings. The minimum atomic E-state index is 0.740. The van der Waals surface area contributed by atoms with Crippen molar-refractivity contribution in [2.45, 2.75) is 13.5 Å². The predicted molar refractivity (Wildman–Crippen MR) is 67.9 cm³/mol. The number of benzene rings is 1. The van der Waals surface area contributed by atoms with Gasteiger partial charge in [-0.05, 0) is 18.6 Å². The van der Waals surface area contributed by atoms with Crippen LogP contribution < -0.4 is 5.32 Å². The Morgan fingerprint density at radius 2 is 2.31 bits per heavy atom. The average molecular weight is 236 g/mol. The highest BCUT2D eigenvalue weighted by atomic mass is 32.1. The SMILES string of the molecule is COCCNCc1nc2c(C)cccc2s1. The number of aryl methyl sites for hydroxylation is 1. The van der Waals surface area contributed by atoms with Gasteiger partial charge in [0, 0.05) is 20.2 Å². The molecule has 1 N–H and O–H groups in total. The quantitative estimate of drug-likeness (QED) is 0.809. The van der Waals surface area contributed by atoms with Crippen molar-refractivity contribution >= 4 is 21.6 Å². The Bertz CT molecular complexity index is 467. The van der Waals surface area contributed by atoms with Gasteiger partial charge >= 0.3 is 0 Å². The maximum atomic E-state index is 4.98. The molecule has 4 heteroatoms. The van der Waals surface area contributed by atoms with Crippen molar-refractivity contribution in [2.75, 3.05) is 20.3 Å². The van der Waals surface area contributed by atoms with E-state index in [2.05, 4.69) is 35.4 Å². The largest absolute Gasteiger partial charge is 0.383 e. The average Bonchev–Trinajstić information content (AvgIpc) is 2.69. The normalized spacial score (nSPS) is 11.1. The fourth-order valence-corrected chi connectivity index (χ4v) is 2.59. The number of hydrogen-bond donors (Lipinski definition) is 1. The number of methoxy groups -OCH3 is 1. The van der Waals surface area contributed by atoms with Crippen LogP contribution in [-0.4, -0.2) is 25.2 Å². The maximum absolute atomic E-state index is 4.98. The van der Waals surface area contributed by atoms with E-state index in [1.165, 1.54) is 10.3 Å². The molecular formula is C12H16N2OS. The molecule has 0 bridgehead atoms. The van der Waals surface area contributed by atoms with Crippen LogP contribution in [0.1, 0.15) is 10.6 Å². The summed E-state index contributed by atoms with van der Waals surface area (Å²) in [5.74, 6) is 0. The standard InChI is InChI=1S/C12H16N2OS/c1-9-4-3-5-10-12(9)14-11(16-10)8-13-6-7-15-2/h3-5,13H,6-8H2,1-2H3. The molecule has 1 heterocycles. The lowest BCUT2D eigenvalue weighted by atomic mass is 10.2. The van der Waals surface area contributed by atoms with Gasteiger partial charge in [-0.1, -0.05) is 12.1 Å². The predicted octanol–water partition coefficient (Wildman–Crippen LogP) is 2.34. The van der Waals surface area contributed by atoms with Crippen LogP contribution in [0.15, 0.2) is 18.2 Å². The number of thiazole rings is 1. The lowest BCUT2D eigenvalue weighted by Crippen LogP contribution is -2.18. The first kappa shape index (κ1) is 11.5. The first-order valence-electron chi connectivity index (χ1n) is 5.36. The van der Waals surface area contributed by atoms with Crippen molar-refractivity contribution in [1.82, 2.24) is 10.3 Å². The third-order valence-electron chi connectivity index (χ3n) is 2.42. The fraction of sp³-hybridized carbons (Fsp3) is 0.417. The Hall–Kier alpha value is -0.970. The molecule has 0 saturated carbocycles. The fourth-order valence-electron chi connectivity index (χ4n) is 1.58. The summed E-state index contributed by atoms with van der Waals surface area (Å²) in [7, 11) is 1.71. The molecule has 0 radical (unpaired) electrons. The lowest BCUT2D eigenvalue weighted by Gasteiger charge is -1.99. The van der Waals surface area contributed by atoms with Crippen molar-refractivity contribution < 1.29 is 4.74 Å². The second-order valence-corrected chi connectivity index (χ2v) is 4.81. The molecule has 0 saturated heterocycles. The van der Waals surface area contributed by atoms with E-state index in [0.29, 0.717) is 0 Å². The van der Waals surface area contributed by atoms with Crippen LogP contribution in [0.25, 0.3) is 10.2 Å². The number of nitrogens with one attached hydrogen (secondary N) is 1. The van der Waals surface area contributed by atoms with Crippen molar-refractivity contribution in [3.05, 3.63) is 28.8 Å². The summed E-state index contributed by atoms with van der Waals surface area (Å²) in [6.45, 7) is 4.53. The molecule has 0 spiro atoms. The van der Waals surface area contributed by atoms with Crippen LogP contribution in [0.2, 0.25) is 0 Å². The number of para-hydroxylation sites is 1. The van der Waals surface area contributed by atoms with Gasteiger partial charge in [0.25, 0.3) is 0 Å². The molecular weight excluding hydrogens is 220 g/mol. The van der Waals surface area contributed by atoms with E-state index in [0.717, 1.165) is 30.2 Å². The molecule has 3 nitrogen and oxygen atoms in total. The van der Waals surface area contributed by atoms with Crippen LogP contribution in [-0.2, 0) is 11.3 Å². The summed E-state index contributed by atoms with van der Waals surface area (Å²) in [4.78, 5) is 4.63. The summed E-state index contributed by atoms with van der Waals surface area (Å²) in [6.07, 6.45) is 0. The number of rotatable bonds is 5. The molecule has 0 fully saturated rings. The van der Waals surface area contributed by atoms with Crippen molar-refractivity contribution in [3.8, 4) is 0 Å². The van der Waals surface area contributed by atoms with Crippen LogP contribution in [0.5, 0.6) is 0 Å². The smallest absolute Gasteiger partial charge is 0.108 e.